The molecule has 0 N–H and O–H groups in total. The normalized spacial score (nSPS) is 12.1. The Hall–Kier alpha value is -2.68. The summed E-state index contributed by atoms with van der Waals surface area (Å²) < 4.78 is 37.9. The number of benzene rings is 3. The molecule has 9 heteroatoms. The van der Waals surface area contributed by atoms with E-state index in [4.69, 9.17) is 25.3 Å². The molecule has 0 heterocycles. The smallest absolute Gasteiger partial charge is 0.319 e. The molecule has 0 bridgehead atoms. The Morgan fingerprint density at radius 3 is 2.03 bits per heavy atom. The SMILES string of the molecule is COC(=O)C(Cc1ccc(CCOc2ccc(OS(C)(=O)=O)cc2)cc1)SCCc1ccc(Cl)cc1. The number of rotatable bonds is 13. The summed E-state index contributed by atoms with van der Waals surface area (Å²) in [6, 6.07) is 22.3. The van der Waals surface area contributed by atoms with Crippen LogP contribution in [0.3, 0.4) is 0 Å². The van der Waals surface area contributed by atoms with Crippen molar-refractivity contribution in [3.8, 4) is 11.5 Å². The molecule has 3 aromatic carbocycles. The molecule has 1 atom stereocenters. The third-order valence-electron chi connectivity index (χ3n) is 5.26. The fourth-order valence-electron chi connectivity index (χ4n) is 3.42. The number of methoxy groups -OCH3 is 1. The summed E-state index contributed by atoms with van der Waals surface area (Å²) in [7, 11) is -2.13. The zero-order valence-electron chi connectivity index (χ0n) is 20.2. The Morgan fingerprint density at radius 1 is 0.861 bits per heavy atom. The maximum Gasteiger partial charge on any atom is 0.319 e. The van der Waals surface area contributed by atoms with Gasteiger partial charge >= 0.3 is 16.1 Å². The number of thioether (sulfide) groups is 1. The van der Waals surface area contributed by atoms with E-state index in [1.54, 1.807) is 36.0 Å². The van der Waals surface area contributed by atoms with E-state index in [2.05, 4.69) is 0 Å². The van der Waals surface area contributed by atoms with Crippen LogP contribution in [-0.4, -0.2) is 45.4 Å². The average molecular weight is 549 g/mol. The van der Waals surface area contributed by atoms with Crippen molar-refractivity contribution in [1.82, 2.24) is 0 Å². The van der Waals surface area contributed by atoms with Gasteiger partial charge in [-0.05, 0) is 71.7 Å². The van der Waals surface area contributed by atoms with Crippen molar-refractivity contribution in [2.24, 2.45) is 0 Å². The predicted molar refractivity (Wildman–Crippen MR) is 145 cm³/mol. The number of hydrogen-bond donors (Lipinski definition) is 0. The summed E-state index contributed by atoms with van der Waals surface area (Å²) in [4.78, 5) is 12.3. The van der Waals surface area contributed by atoms with Crippen LogP contribution < -0.4 is 8.92 Å². The minimum Gasteiger partial charge on any atom is -0.493 e. The second-order valence-electron chi connectivity index (χ2n) is 8.14. The van der Waals surface area contributed by atoms with Crippen molar-refractivity contribution in [3.05, 3.63) is 94.5 Å². The molecular formula is C27H29ClO6S2. The van der Waals surface area contributed by atoms with E-state index in [9.17, 15) is 13.2 Å². The van der Waals surface area contributed by atoms with Gasteiger partial charge in [-0.1, -0.05) is 48.0 Å². The molecule has 0 amide bonds. The zero-order valence-corrected chi connectivity index (χ0v) is 22.6. The predicted octanol–water partition coefficient (Wildman–Crippen LogP) is 5.36. The maximum absolute atomic E-state index is 12.3. The number of carbonyl (C=O) groups is 1. The highest BCUT2D eigenvalue weighted by Gasteiger charge is 2.20. The standard InChI is InChI=1S/C27H29ClO6S2/c1-32-27(29)26(35-18-16-21-7-9-23(28)10-8-21)19-22-5-3-20(4-6-22)15-17-33-24-11-13-25(14-12-24)34-36(2,30)31/h3-14,26H,15-19H2,1-2H3. The van der Waals surface area contributed by atoms with Crippen LogP contribution in [0.4, 0.5) is 0 Å². The van der Waals surface area contributed by atoms with Crippen LogP contribution in [0.15, 0.2) is 72.8 Å². The molecule has 3 rings (SSSR count). The molecule has 0 aliphatic carbocycles. The summed E-state index contributed by atoms with van der Waals surface area (Å²) >= 11 is 7.54. The lowest BCUT2D eigenvalue weighted by molar-refractivity contribution is -0.139. The number of aryl methyl sites for hydroxylation is 1. The van der Waals surface area contributed by atoms with Crippen molar-refractivity contribution in [3.63, 3.8) is 0 Å². The van der Waals surface area contributed by atoms with Crippen molar-refractivity contribution >= 4 is 39.5 Å². The average Bonchev–Trinajstić information content (AvgIpc) is 2.85. The number of halogens is 1. The number of carbonyl (C=O) groups excluding carboxylic acids is 1. The fourth-order valence-corrected chi connectivity index (χ4v) is 5.19. The van der Waals surface area contributed by atoms with Gasteiger partial charge < -0.3 is 13.7 Å². The third kappa shape index (κ3) is 9.76. The van der Waals surface area contributed by atoms with Crippen LogP contribution in [0.25, 0.3) is 0 Å². The monoisotopic (exact) mass is 548 g/mol. The van der Waals surface area contributed by atoms with Crippen molar-refractivity contribution in [2.75, 3.05) is 25.7 Å². The fraction of sp³-hybridized carbons (Fsp3) is 0.296. The molecular weight excluding hydrogens is 520 g/mol. The number of ether oxygens (including phenoxy) is 2. The summed E-state index contributed by atoms with van der Waals surface area (Å²) in [5.74, 6) is 1.46. The molecule has 0 saturated carbocycles. The highest BCUT2D eigenvalue weighted by Crippen LogP contribution is 2.22. The van der Waals surface area contributed by atoms with Crippen LogP contribution in [-0.2, 0) is 38.9 Å². The quantitative estimate of drug-likeness (QED) is 0.210. The van der Waals surface area contributed by atoms with Crippen molar-refractivity contribution in [1.29, 1.82) is 0 Å². The number of esters is 1. The summed E-state index contributed by atoms with van der Waals surface area (Å²) in [6.07, 6.45) is 3.15. The largest absolute Gasteiger partial charge is 0.493 e. The van der Waals surface area contributed by atoms with Crippen molar-refractivity contribution in [2.45, 2.75) is 24.5 Å². The molecule has 0 aromatic heterocycles. The second-order valence-corrected chi connectivity index (χ2v) is 11.5. The van der Waals surface area contributed by atoms with Crippen LogP contribution in [0, 0.1) is 0 Å². The summed E-state index contributed by atoms with van der Waals surface area (Å²) in [6.45, 7) is 0.469. The van der Waals surface area contributed by atoms with E-state index in [1.165, 1.54) is 12.7 Å². The topological polar surface area (TPSA) is 78.9 Å². The van der Waals surface area contributed by atoms with Crippen LogP contribution in [0.5, 0.6) is 11.5 Å². The first kappa shape index (κ1) is 27.9. The Labute approximate surface area is 222 Å². The first-order valence-electron chi connectivity index (χ1n) is 11.4. The molecule has 0 saturated heterocycles. The molecule has 192 valence electrons. The molecule has 0 spiro atoms. The van der Waals surface area contributed by atoms with Gasteiger partial charge in [-0.3, -0.25) is 4.79 Å². The van der Waals surface area contributed by atoms with Gasteiger partial charge in [-0.25, -0.2) is 0 Å². The highest BCUT2D eigenvalue weighted by molar-refractivity contribution is 8.00. The molecule has 3 aromatic rings. The van der Waals surface area contributed by atoms with Gasteiger partial charge in [0.05, 0.1) is 20.0 Å². The Morgan fingerprint density at radius 2 is 1.42 bits per heavy atom. The zero-order chi connectivity index (χ0) is 26.0. The first-order chi connectivity index (χ1) is 17.2. The first-order valence-corrected chi connectivity index (χ1v) is 14.6. The lowest BCUT2D eigenvalue weighted by Gasteiger charge is -2.15. The number of hydrogen-bond acceptors (Lipinski definition) is 7. The van der Waals surface area contributed by atoms with Gasteiger partial charge in [0, 0.05) is 11.4 Å². The van der Waals surface area contributed by atoms with E-state index in [0.717, 1.165) is 29.6 Å². The molecule has 0 fully saturated rings. The molecule has 1 unspecified atom stereocenters. The van der Waals surface area contributed by atoms with Crippen molar-refractivity contribution < 1.29 is 26.9 Å². The van der Waals surface area contributed by atoms with Gasteiger partial charge in [0.25, 0.3) is 0 Å². The minimum absolute atomic E-state index is 0.221. The van der Waals surface area contributed by atoms with Crippen LogP contribution in [0.2, 0.25) is 5.02 Å². The molecule has 36 heavy (non-hydrogen) atoms. The van der Waals surface area contributed by atoms with E-state index in [-0.39, 0.29) is 17.0 Å². The van der Waals surface area contributed by atoms with Crippen LogP contribution in [0.1, 0.15) is 16.7 Å². The second kappa shape index (κ2) is 13.6. The van der Waals surface area contributed by atoms with E-state index in [1.807, 2.05) is 48.5 Å². The maximum atomic E-state index is 12.3. The van der Waals surface area contributed by atoms with E-state index < -0.39 is 10.1 Å². The third-order valence-corrected chi connectivity index (χ3v) is 7.21. The lowest BCUT2D eigenvalue weighted by atomic mass is 10.1. The molecule has 0 aliphatic rings. The van der Waals surface area contributed by atoms with E-state index >= 15 is 0 Å². The Kier molecular flexibility index (Phi) is 10.5. The Balaban J connectivity index is 1.46. The Bertz CT molecular complexity index is 1210. The molecule has 0 aliphatic heterocycles. The van der Waals surface area contributed by atoms with Gasteiger partial charge in [-0.15, -0.1) is 11.8 Å². The van der Waals surface area contributed by atoms with Gasteiger partial charge in [0.1, 0.15) is 16.7 Å². The summed E-state index contributed by atoms with van der Waals surface area (Å²) in [5.41, 5.74) is 3.36. The van der Waals surface area contributed by atoms with Gasteiger partial charge in [0.15, 0.2) is 0 Å². The lowest BCUT2D eigenvalue weighted by Crippen LogP contribution is -2.22. The van der Waals surface area contributed by atoms with Gasteiger partial charge in [-0.2, -0.15) is 8.42 Å². The van der Waals surface area contributed by atoms with E-state index in [0.29, 0.717) is 30.2 Å². The molecule has 0 radical (unpaired) electrons. The molecule has 6 nitrogen and oxygen atoms in total. The van der Waals surface area contributed by atoms with Crippen LogP contribution >= 0.6 is 23.4 Å². The summed E-state index contributed by atoms with van der Waals surface area (Å²) in [5, 5.41) is 0.440. The minimum atomic E-state index is -3.55. The highest BCUT2D eigenvalue weighted by atomic mass is 35.5. The van der Waals surface area contributed by atoms with Gasteiger partial charge in [0.2, 0.25) is 0 Å².